The molecule has 2 heterocycles. The van der Waals surface area contributed by atoms with Gasteiger partial charge in [0.1, 0.15) is 5.75 Å². The number of imidazole rings is 1. The molecule has 2 spiro atoms. The Morgan fingerprint density at radius 1 is 0.770 bits per heavy atom. The molecule has 0 saturated heterocycles. The van der Waals surface area contributed by atoms with Crippen molar-refractivity contribution in [3.63, 3.8) is 0 Å². The van der Waals surface area contributed by atoms with Crippen molar-refractivity contribution >= 4 is 22.9 Å². The van der Waals surface area contributed by atoms with Crippen molar-refractivity contribution < 1.29 is 30.6 Å². The summed E-state index contributed by atoms with van der Waals surface area (Å²) in [5, 5.41) is 70.6. The first-order valence-corrected chi connectivity index (χ1v) is 22.1. The number of nitrogens with zero attached hydrogens (tertiary/aromatic N) is 1. The van der Waals surface area contributed by atoms with Gasteiger partial charge < -0.3 is 35.6 Å². The fraction of sp³-hybridized carbons (Fsp3) is 0.365. The number of hydrogen-bond donors (Lipinski definition) is 8. The van der Waals surface area contributed by atoms with Crippen LogP contribution >= 0.6 is 0 Å². The van der Waals surface area contributed by atoms with Gasteiger partial charge in [-0.3, -0.25) is 5.32 Å². The Bertz CT molecular complexity index is 2670. The van der Waals surface area contributed by atoms with Crippen LogP contribution in [0.5, 0.6) is 28.7 Å². The fourth-order valence-electron chi connectivity index (χ4n) is 14.0. The molecule has 8 N–H and O–H groups in total. The predicted molar refractivity (Wildman–Crippen MR) is 236 cm³/mol. The largest absolute Gasteiger partial charge is 0.507 e. The molecule has 3 fully saturated rings. The first-order chi connectivity index (χ1) is 29.6. The normalized spacial score (nSPS) is 32.3. The minimum absolute atomic E-state index is 0.0108. The summed E-state index contributed by atoms with van der Waals surface area (Å²) in [7, 11) is 0. The standard InChI is InChI=1S/C52H53N3O6/c56-40-20-12-31(26-43(40)59)11-17-36-37-6-1-7-41(57)45(37)47(61)46(60)38(36)18-10-30-8-13-32(14-9-30)39-19-15-33-27-35-5-3-23-51(35)25-24-50-22-2-4-34(50)16-21-42(58)48(50)52(51,49(33)55-39)44-28-53-29-54-44/h1,6-9,11-17,19-21,26-29,34-35,39,42,48-49,55-61H,2-5,10,18,22-25H2,(H,53,54). The van der Waals surface area contributed by atoms with Crippen molar-refractivity contribution in [2.75, 3.05) is 0 Å². The second-order valence-electron chi connectivity index (χ2n) is 18.8. The van der Waals surface area contributed by atoms with Crippen LogP contribution in [0.15, 0.2) is 109 Å². The molecule has 6 aliphatic rings. The molecule has 1 aliphatic heterocycles. The van der Waals surface area contributed by atoms with Crippen LogP contribution in [0, 0.1) is 28.6 Å². The number of aromatic amines is 1. The third kappa shape index (κ3) is 5.48. The van der Waals surface area contributed by atoms with Crippen molar-refractivity contribution in [3.05, 3.63) is 143 Å². The number of rotatable bonds is 7. The van der Waals surface area contributed by atoms with Gasteiger partial charge in [-0.2, -0.15) is 0 Å². The van der Waals surface area contributed by atoms with Crippen molar-refractivity contribution in [1.82, 2.24) is 15.3 Å². The Labute approximate surface area is 355 Å². The van der Waals surface area contributed by atoms with Gasteiger partial charge in [0.15, 0.2) is 23.0 Å². The summed E-state index contributed by atoms with van der Waals surface area (Å²) in [5.41, 5.74) is 6.21. The SMILES string of the molecule is Oc1ccc(C=Cc2c(CCc3ccc(C4C=CC5=CC6CCCC67CCC68CCCC6C=CC(O)C8C7(c6cnc[nH]6)C5N4)cc3)c(O)c(O)c3c(O)cccc23)cc1O. The van der Waals surface area contributed by atoms with Gasteiger partial charge in [0.2, 0.25) is 0 Å². The van der Waals surface area contributed by atoms with Crippen LogP contribution in [-0.2, 0) is 18.3 Å². The molecule has 0 radical (unpaired) electrons. The summed E-state index contributed by atoms with van der Waals surface area (Å²) < 4.78 is 0. The highest BCUT2D eigenvalue weighted by atomic mass is 16.3. The molecule has 0 bridgehead atoms. The zero-order chi connectivity index (χ0) is 41.7. The summed E-state index contributed by atoms with van der Waals surface area (Å²) in [4.78, 5) is 8.38. The number of aryl methyl sites for hydroxylation is 1. The summed E-state index contributed by atoms with van der Waals surface area (Å²) in [6, 6.07) is 18.1. The lowest BCUT2D eigenvalue weighted by molar-refractivity contribution is -0.161. The van der Waals surface area contributed by atoms with E-state index in [1.807, 2.05) is 6.33 Å². The number of nitrogens with one attached hydrogen (secondary N) is 2. The Kier molecular flexibility index (Phi) is 8.85. The predicted octanol–water partition coefficient (Wildman–Crippen LogP) is 9.41. The van der Waals surface area contributed by atoms with E-state index in [1.54, 1.807) is 30.4 Å². The Morgan fingerprint density at radius 3 is 2.43 bits per heavy atom. The van der Waals surface area contributed by atoms with Crippen LogP contribution in [0.3, 0.4) is 0 Å². The number of hydrogen-bond acceptors (Lipinski definition) is 8. The quantitative estimate of drug-likeness (QED) is 0.0458. The van der Waals surface area contributed by atoms with E-state index in [9.17, 15) is 30.6 Å². The van der Waals surface area contributed by atoms with Crippen LogP contribution in [0.4, 0.5) is 0 Å². The smallest absolute Gasteiger partial charge is 0.169 e. The molecule has 1 aromatic heterocycles. The van der Waals surface area contributed by atoms with Gasteiger partial charge in [-0.05, 0) is 125 Å². The van der Waals surface area contributed by atoms with E-state index < -0.39 is 6.10 Å². The van der Waals surface area contributed by atoms with Crippen LogP contribution in [-0.4, -0.2) is 52.8 Å². The van der Waals surface area contributed by atoms with Crippen LogP contribution in [0.2, 0.25) is 0 Å². The van der Waals surface area contributed by atoms with Gasteiger partial charge in [-0.25, -0.2) is 4.98 Å². The average molecular weight is 816 g/mol. The zero-order valence-corrected chi connectivity index (χ0v) is 34.1. The Morgan fingerprint density at radius 2 is 1.61 bits per heavy atom. The first-order valence-electron chi connectivity index (χ1n) is 22.1. The molecule has 9 atom stereocenters. The molecule has 3 saturated carbocycles. The lowest BCUT2D eigenvalue weighted by Crippen LogP contribution is -2.74. The minimum atomic E-state index is -0.535. The molecule has 0 amide bonds. The van der Waals surface area contributed by atoms with Crippen molar-refractivity contribution in [1.29, 1.82) is 0 Å². The van der Waals surface area contributed by atoms with E-state index in [1.165, 1.54) is 68.0 Å². The molecule has 9 unspecified atom stereocenters. The number of H-pyrrole nitrogens is 1. The molecule has 9 heteroatoms. The topological polar surface area (TPSA) is 162 Å². The van der Waals surface area contributed by atoms with Gasteiger partial charge in [0.25, 0.3) is 0 Å². The van der Waals surface area contributed by atoms with Crippen molar-refractivity contribution in [3.8, 4) is 28.7 Å². The number of phenolic OH excluding ortho intramolecular Hbond substituents is 5. The van der Waals surface area contributed by atoms with Gasteiger partial charge in [-0.1, -0.05) is 97.8 Å². The maximum absolute atomic E-state index is 12.4. The molecule has 11 rings (SSSR count). The number of aromatic hydroxyl groups is 5. The van der Waals surface area contributed by atoms with E-state index in [-0.39, 0.29) is 68.4 Å². The number of allylic oxidation sites excluding steroid dienone is 2. The highest BCUT2D eigenvalue weighted by Gasteiger charge is 2.75. The summed E-state index contributed by atoms with van der Waals surface area (Å²) in [5.74, 6) is -0.260. The Balaban J connectivity index is 0.923. The van der Waals surface area contributed by atoms with Gasteiger partial charge in [0, 0.05) is 34.8 Å². The highest BCUT2D eigenvalue weighted by Crippen LogP contribution is 2.76. The van der Waals surface area contributed by atoms with E-state index >= 15 is 0 Å². The van der Waals surface area contributed by atoms with Gasteiger partial charge >= 0.3 is 0 Å². The highest BCUT2D eigenvalue weighted by molar-refractivity contribution is 6.03. The zero-order valence-electron chi connectivity index (χ0n) is 34.1. The molecular weight excluding hydrogens is 763 g/mol. The van der Waals surface area contributed by atoms with Crippen LogP contribution in [0.1, 0.15) is 90.9 Å². The van der Waals surface area contributed by atoms with Crippen molar-refractivity contribution in [2.45, 2.75) is 87.8 Å². The third-order valence-corrected chi connectivity index (χ3v) is 16.4. The molecule has 5 aliphatic carbocycles. The Hall–Kier alpha value is -5.77. The summed E-state index contributed by atoms with van der Waals surface area (Å²) in [6.07, 6.45) is 29.1. The lowest BCUT2D eigenvalue weighted by Gasteiger charge is -2.70. The molecule has 9 nitrogen and oxygen atoms in total. The molecule has 312 valence electrons. The second-order valence-corrected chi connectivity index (χ2v) is 18.8. The molecular formula is C52H53N3O6. The van der Waals surface area contributed by atoms with Crippen LogP contribution < -0.4 is 5.32 Å². The number of aliphatic hydroxyl groups excluding tert-OH is 1. The first kappa shape index (κ1) is 38.2. The van der Waals surface area contributed by atoms with E-state index in [0.717, 1.165) is 24.0 Å². The molecule has 5 aromatic rings. The number of fused-ring (bicyclic) bond motifs is 4. The monoisotopic (exact) mass is 815 g/mol. The third-order valence-electron chi connectivity index (χ3n) is 16.4. The van der Waals surface area contributed by atoms with E-state index in [0.29, 0.717) is 46.8 Å². The number of benzene rings is 4. The maximum atomic E-state index is 12.4. The van der Waals surface area contributed by atoms with Gasteiger partial charge in [0.05, 0.1) is 23.9 Å². The molecule has 61 heavy (non-hydrogen) atoms. The van der Waals surface area contributed by atoms with Gasteiger partial charge in [-0.15, -0.1) is 0 Å². The number of aliphatic hydroxyl groups is 1. The second kappa shape index (κ2) is 14.1. The number of phenols is 5. The van der Waals surface area contributed by atoms with Crippen molar-refractivity contribution in [2.24, 2.45) is 28.6 Å². The maximum Gasteiger partial charge on any atom is 0.169 e. The van der Waals surface area contributed by atoms with E-state index in [4.69, 9.17) is 0 Å². The minimum Gasteiger partial charge on any atom is -0.507 e. The molecule has 4 aromatic carbocycles. The fourth-order valence-corrected chi connectivity index (χ4v) is 14.0. The summed E-state index contributed by atoms with van der Waals surface area (Å²) >= 11 is 0. The van der Waals surface area contributed by atoms with E-state index in [2.05, 4.69) is 76.1 Å². The lowest BCUT2D eigenvalue weighted by atomic mass is 9.34. The average Bonchev–Trinajstić information content (AvgIpc) is 4.05. The summed E-state index contributed by atoms with van der Waals surface area (Å²) in [6.45, 7) is 0. The number of aromatic nitrogens is 2. The van der Waals surface area contributed by atoms with Crippen LogP contribution in [0.25, 0.3) is 22.9 Å².